The van der Waals surface area contributed by atoms with Gasteiger partial charge >= 0.3 is 0 Å². The van der Waals surface area contributed by atoms with Crippen LogP contribution in [0.5, 0.6) is 17.2 Å². The van der Waals surface area contributed by atoms with Gasteiger partial charge in [0.25, 0.3) is 0 Å². The Hall–Kier alpha value is -4.48. The molecule has 224 valence electrons. The lowest BCUT2D eigenvalue weighted by molar-refractivity contribution is -0.123. The highest BCUT2D eigenvalue weighted by Gasteiger charge is 2.38. The number of rotatable bonds is 11. The smallest absolute Gasteiger partial charge is 0.240 e. The fourth-order valence-electron chi connectivity index (χ4n) is 5.01. The summed E-state index contributed by atoms with van der Waals surface area (Å²) in [7, 11) is 6.41. The van der Waals surface area contributed by atoms with Crippen LogP contribution in [0.25, 0.3) is 16.9 Å². The quantitative estimate of drug-likeness (QED) is 0.251. The number of hydrogen-bond acceptors (Lipinski definition) is 8. The minimum Gasteiger partial charge on any atom is -0.497 e. The van der Waals surface area contributed by atoms with E-state index in [0.29, 0.717) is 47.6 Å². The number of aromatic nitrogens is 2. The monoisotopic (exact) mass is 602 g/mol. The van der Waals surface area contributed by atoms with Gasteiger partial charge in [0.15, 0.2) is 0 Å². The van der Waals surface area contributed by atoms with Gasteiger partial charge in [0.05, 0.1) is 50.3 Å². The summed E-state index contributed by atoms with van der Waals surface area (Å²) in [5, 5.41) is 7.58. The number of anilines is 1. The highest BCUT2D eigenvalue weighted by Crippen LogP contribution is 2.51. The highest BCUT2D eigenvalue weighted by molar-refractivity contribution is 8.00. The van der Waals surface area contributed by atoms with Crippen LogP contribution in [0.3, 0.4) is 0 Å². The molecule has 2 heterocycles. The number of amides is 2. The molecule has 1 aromatic heterocycles. The molecular weight excluding hydrogens is 568 g/mol. The first-order valence-electron chi connectivity index (χ1n) is 13.7. The molecule has 11 heteroatoms. The number of nitrogens with one attached hydrogen (secondary N) is 1. The van der Waals surface area contributed by atoms with E-state index in [1.54, 1.807) is 33.1 Å². The minimum atomic E-state index is -0.382. The number of thioether (sulfide) groups is 1. The largest absolute Gasteiger partial charge is 0.497 e. The zero-order valence-corrected chi connectivity index (χ0v) is 25.3. The van der Waals surface area contributed by atoms with Crippen molar-refractivity contribution in [2.24, 2.45) is 0 Å². The molecule has 1 atom stereocenters. The Morgan fingerprint density at radius 1 is 0.953 bits per heavy atom. The van der Waals surface area contributed by atoms with Crippen molar-refractivity contribution in [3.05, 3.63) is 83.9 Å². The van der Waals surface area contributed by atoms with Crippen LogP contribution in [0.15, 0.2) is 72.8 Å². The molecule has 0 fully saturated rings. The molecule has 1 N–H and O–H groups in total. The summed E-state index contributed by atoms with van der Waals surface area (Å²) < 4.78 is 23.6. The van der Waals surface area contributed by atoms with Crippen LogP contribution in [0, 0.1) is 0 Å². The predicted molar refractivity (Wildman–Crippen MR) is 167 cm³/mol. The van der Waals surface area contributed by atoms with Crippen molar-refractivity contribution in [2.45, 2.75) is 5.25 Å². The molecule has 43 heavy (non-hydrogen) atoms. The molecule has 0 aliphatic carbocycles. The first-order chi connectivity index (χ1) is 21.0. The second kappa shape index (κ2) is 13.7. The maximum Gasteiger partial charge on any atom is 0.240 e. The van der Waals surface area contributed by atoms with Crippen molar-refractivity contribution in [2.75, 3.05) is 58.8 Å². The first-order valence-corrected chi connectivity index (χ1v) is 14.8. The summed E-state index contributed by atoms with van der Waals surface area (Å²) in [5.74, 6) is 2.11. The van der Waals surface area contributed by atoms with Crippen LogP contribution < -0.4 is 24.4 Å². The average molecular weight is 603 g/mol. The number of carbonyl (C=O) groups is 2. The van der Waals surface area contributed by atoms with Crippen molar-refractivity contribution in [1.29, 1.82) is 0 Å². The third kappa shape index (κ3) is 6.32. The van der Waals surface area contributed by atoms with E-state index < -0.39 is 0 Å². The Kier molecular flexibility index (Phi) is 9.53. The number of benzene rings is 3. The van der Waals surface area contributed by atoms with Crippen LogP contribution in [0.4, 0.5) is 5.82 Å². The fourth-order valence-corrected chi connectivity index (χ4v) is 6.23. The molecule has 5 rings (SSSR count). The molecule has 4 aromatic rings. The van der Waals surface area contributed by atoms with Crippen LogP contribution in [0.1, 0.15) is 16.4 Å². The van der Waals surface area contributed by atoms with Gasteiger partial charge in [0.1, 0.15) is 29.6 Å². The molecule has 3 aromatic carbocycles. The Bertz CT molecular complexity index is 1570. The van der Waals surface area contributed by atoms with E-state index in [0.717, 1.165) is 16.7 Å². The van der Waals surface area contributed by atoms with Crippen molar-refractivity contribution >= 4 is 29.4 Å². The standard InChI is InChI=1S/C32H34N4O6S/c1-39-17-16-33-27(37)19-35-28(38)20-43-31(25-18-24(41-3)14-15-26(25)42-4)29-30(21-8-6-5-7-9-21)34-36(32(29)35)22-10-12-23(40-2)13-11-22/h5-15,18,31H,16-17,19-20H2,1-4H3,(H,33,37). The van der Waals surface area contributed by atoms with E-state index in [1.807, 2.05) is 72.8 Å². The zero-order valence-electron chi connectivity index (χ0n) is 24.5. The second-order valence-corrected chi connectivity index (χ2v) is 10.8. The van der Waals surface area contributed by atoms with Gasteiger partial charge in [-0.15, -0.1) is 11.8 Å². The molecule has 0 radical (unpaired) electrons. The summed E-state index contributed by atoms with van der Waals surface area (Å²) in [6.45, 7) is 0.504. The van der Waals surface area contributed by atoms with Gasteiger partial charge in [0.2, 0.25) is 11.8 Å². The molecule has 0 saturated carbocycles. The molecule has 0 bridgehead atoms. The predicted octanol–water partition coefficient (Wildman–Crippen LogP) is 4.50. The maximum atomic E-state index is 13.9. The molecule has 2 amide bonds. The number of fused-ring (bicyclic) bond motifs is 1. The van der Waals surface area contributed by atoms with Crippen LogP contribution in [-0.4, -0.2) is 75.5 Å². The topological polar surface area (TPSA) is 104 Å². The normalized spacial score (nSPS) is 14.6. The number of ether oxygens (including phenoxy) is 4. The lowest BCUT2D eigenvalue weighted by Crippen LogP contribution is -2.43. The summed E-state index contributed by atoms with van der Waals surface area (Å²) in [6.07, 6.45) is 0. The zero-order chi connectivity index (χ0) is 30.3. The highest BCUT2D eigenvalue weighted by atomic mass is 32.2. The summed E-state index contributed by atoms with van der Waals surface area (Å²) in [6, 6.07) is 22.9. The van der Waals surface area contributed by atoms with Crippen LogP contribution in [0.2, 0.25) is 0 Å². The fraction of sp³-hybridized carbons (Fsp3) is 0.281. The van der Waals surface area contributed by atoms with E-state index in [9.17, 15) is 9.59 Å². The Balaban J connectivity index is 1.78. The third-order valence-electron chi connectivity index (χ3n) is 7.10. The SMILES string of the molecule is COCCNC(=O)CN1C(=O)CSC(c2cc(OC)ccc2OC)c2c(-c3ccccc3)nn(-c3ccc(OC)cc3)c21. The van der Waals surface area contributed by atoms with E-state index in [1.165, 1.54) is 16.7 Å². The van der Waals surface area contributed by atoms with Crippen LogP contribution in [-0.2, 0) is 14.3 Å². The van der Waals surface area contributed by atoms with Gasteiger partial charge < -0.3 is 24.3 Å². The summed E-state index contributed by atoms with van der Waals surface area (Å²) in [5.41, 5.74) is 3.89. The number of methoxy groups -OCH3 is 4. The number of nitrogens with zero attached hydrogens (tertiary/aromatic N) is 3. The van der Waals surface area contributed by atoms with E-state index >= 15 is 0 Å². The van der Waals surface area contributed by atoms with Crippen molar-refractivity contribution in [1.82, 2.24) is 15.1 Å². The molecule has 1 unspecified atom stereocenters. The summed E-state index contributed by atoms with van der Waals surface area (Å²) in [4.78, 5) is 28.6. The van der Waals surface area contributed by atoms with Gasteiger partial charge in [-0.05, 0) is 42.5 Å². The van der Waals surface area contributed by atoms with Crippen molar-refractivity contribution in [3.63, 3.8) is 0 Å². The number of carbonyl (C=O) groups excluding carboxylic acids is 2. The van der Waals surface area contributed by atoms with Gasteiger partial charge in [-0.2, -0.15) is 5.10 Å². The second-order valence-electron chi connectivity index (χ2n) is 9.68. The molecule has 0 spiro atoms. The van der Waals surface area contributed by atoms with Gasteiger partial charge in [-0.25, -0.2) is 4.68 Å². The van der Waals surface area contributed by atoms with Gasteiger partial charge in [0, 0.05) is 30.3 Å². The first kappa shape index (κ1) is 30.0. The van der Waals surface area contributed by atoms with Crippen LogP contribution >= 0.6 is 11.8 Å². The van der Waals surface area contributed by atoms with Gasteiger partial charge in [-0.1, -0.05) is 30.3 Å². The molecule has 1 aliphatic heterocycles. The van der Waals surface area contributed by atoms with E-state index in [2.05, 4.69) is 5.32 Å². The Morgan fingerprint density at radius 3 is 2.35 bits per heavy atom. The lowest BCUT2D eigenvalue weighted by atomic mass is 9.98. The molecule has 0 saturated heterocycles. The molecule has 10 nitrogen and oxygen atoms in total. The summed E-state index contributed by atoms with van der Waals surface area (Å²) >= 11 is 1.46. The maximum absolute atomic E-state index is 13.9. The molecule has 1 aliphatic rings. The molecular formula is C32H34N4O6S. The van der Waals surface area contributed by atoms with Crippen molar-refractivity contribution < 1.29 is 28.5 Å². The Labute approximate surface area is 254 Å². The minimum absolute atomic E-state index is 0.127. The van der Waals surface area contributed by atoms with E-state index in [-0.39, 0.29) is 29.4 Å². The van der Waals surface area contributed by atoms with E-state index in [4.69, 9.17) is 24.0 Å². The van der Waals surface area contributed by atoms with Gasteiger partial charge in [-0.3, -0.25) is 14.5 Å². The number of hydrogen-bond donors (Lipinski definition) is 1. The average Bonchev–Trinajstić information content (AvgIpc) is 3.37. The Morgan fingerprint density at radius 2 is 1.67 bits per heavy atom. The van der Waals surface area contributed by atoms with Crippen molar-refractivity contribution in [3.8, 4) is 34.2 Å². The lowest BCUT2D eigenvalue weighted by Gasteiger charge is -2.23. The third-order valence-corrected chi connectivity index (χ3v) is 8.34.